The third kappa shape index (κ3) is 3.51. The second kappa shape index (κ2) is 6.38. The molecule has 0 atom stereocenters. The number of aryl methyl sites for hydroxylation is 3. The van der Waals surface area contributed by atoms with Crippen LogP contribution < -0.4 is 5.32 Å². The molecule has 0 bridgehead atoms. The van der Waals surface area contributed by atoms with Crippen molar-refractivity contribution in [3.63, 3.8) is 0 Å². The minimum absolute atomic E-state index is 0.0485. The Morgan fingerprint density at radius 2 is 2.17 bits per heavy atom. The highest BCUT2D eigenvalue weighted by Crippen LogP contribution is 2.19. The van der Waals surface area contributed by atoms with Crippen molar-refractivity contribution >= 4 is 34.2 Å². The largest absolute Gasteiger partial charge is 0.325 e. The summed E-state index contributed by atoms with van der Waals surface area (Å²) < 4.78 is 1.73. The number of nitrogens with zero attached hydrogens (tertiary/aromatic N) is 3. The molecule has 1 aromatic carbocycles. The van der Waals surface area contributed by atoms with Gasteiger partial charge in [-0.3, -0.25) is 9.48 Å². The zero-order valence-corrected chi connectivity index (χ0v) is 13.8. The minimum atomic E-state index is -0.0485. The van der Waals surface area contributed by atoms with Crippen molar-refractivity contribution in [2.24, 2.45) is 7.05 Å². The zero-order valence-electron chi connectivity index (χ0n) is 13.0. The Hall–Kier alpha value is -2.40. The Bertz CT molecular complexity index is 872. The maximum absolute atomic E-state index is 12.1. The second-order valence-corrected chi connectivity index (χ2v) is 5.92. The van der Waals surface area contributed by atoms with Gasteiger partial charge >= 0.3 is 0 Å². The van der Waals surface area contributed by atoms with E-state index in [9.17, 15) is 4.79 Å². The number of nitrogens with one attached hydrogen (secondary N) is 1. The molecule has 0 spiro atoms. The van der Waals surface area contributed by atoms with E-state index in [4.69, 9.17) is 11.6 Å². The highest BCUT2D eigenvalue weighted by Gasteiger charge is 2.09. The molecule has 5 nitrogen and oxygen atoms in total. The summed E-state index contributed by atoms with van der Waals surface area (Å²) >= 11 is 5.95. The van der Waals surface area contributed by atoms with E-state index in [1.807, 2.05) is 44.3 Å². The first kappa shape index (κ1) is 15.5. The van der Waals surface area contributed by atoms with Crippen LogP contribution in [0, 0.1) is 6.92 Å². The third-order valence-corrected chi connectivity index (χ3v) is 3.91. The lowest BCUT2D eigenvalue weighted by Crippen LogP contribution is -2.12. The van der Waals surface area contributed by atoms with E-state index in [-0.39, 0.29) is 5.91 Å². The fourth-order valence-electron chi connectivity index (χ4n) is 2.55. The first-order valence-electron chi connectivity index (χ1n) is 7.36. The van der Waals surface area contributed by atoms with Crippen LogP contribution in [0.5, 0.6) is 0 Å². The topological polar surface area (TPSA) is 59.8 Å². The van der Waals surface area contributed by atoms with Crippen molar-refractivity contribution in [1.82, 2.24) is 14.8 Å². The summed E-state index contributed by atoms with van der Waals surface area (Å²) in [7, 11) is 1.85. The highest BCUT2D eigenvalue weighted by molar-refractivity contribution is 6.30. The first-order chi connectivity index (χ1) is 11.0. The van der Waals surface area contributed by atoms with Gasteiger partial charge in [-0.25, -0.2) is 4.98 Å². The molecular weight excluding hydrogens is 312 g/mol. The van der Waals surface area contributed by atoms with Gasteiger partial charge < -0.3 is 5.32 Å². The number of hydrogen-bond donors (Lipinski definition) is 1. The molecule has 118 valence electrons. The van der Waals surface area contributed by atoms with Crippen molar-refractivity contribution in [2.45, 2.75) is 19.8 Å². The van der Waals surface area contributed by atoms with Crippen LogP contribution in [-0.2, 0) is 18.3 Å². The van der Waals surface area contributed by atoms with E-state index in [0.29, 0.717) is 23.6 Å². The molecule has 0 aliphatic carbocycles. The van der Waals surface area contributed by atoms with Gasteiger partial charge in [-0.05, 0) is 37.1 Å². The van der Waals surface area contributed by atoms with Gasteiger partial charge in [0, 0.05) is 23.9 Å². The van der Waals surface area contributed by atoms with E-state index < -0.39 is 0 Å². The summed E-state index contributed by atoms with van der Waals surface area (Å²) in [6.07, 6.45) is 2.69. The number of carbonyl (C=O) groups is 1. The van der Waals surface area contributed by atoms with Crippen molar-refractivity contribution in [3.8, 4) is 0 Å². The molecule has 0 radical (unpaired) electrons. The van der Waals surface area contributed by atoms with Crippen LogP contribution in [0.1, 0.15) is 17.7 Å². The van der Waals surface area contributed by atoms with E-state index in [1.165, 1.54) is 0 Å². The van der Waals surface area contributed by atoms with Crippen LogP contribution in [-0.4, -0.2) is 20.7 Å². The molecule has 0 aliphatic rings. The number of pyridine rings is 1. The average Bonchev–Trinajstić information content (AvgIpc) is 2.80. The molecule has 6 heteroatoms. The van der Waals surface area contributed by atoms with Crippen LogP contribution in [0.25, 0.3) is 11.0 Å². The molecule has 1 N–H and O–H groups in total. The second-order valence-electron chi connectivity index (χ2n) is 5.48. The summed E-state index contributed by atoms with van der Waals surface area (Å²) in [6, 6.07) is 9.45. The number of anilines is 1. The van der Waals surface area contributed by atoms with Gasteiger partial charge in [0.25, 0.3) is 0 Å². The number of fused-ring (bicyclic) bond motifs is 1. The molecule has 3 rings (SSSR count). The first-order valence-corrected chi connectivity index (χ1v) is 7.74. The number of benzene rings is 1. The lowest BCUT2D eigenvalue weighted by atomic mass is 10.1. The van der Waals surface area contributed by atoms with Crippen molar-refractivity contribution in [2.75, 3.05) is 5.32 Å². The molecule has 2 aromatic heterocycles. The van der Waals surface area contributed by atoms with Crippen molar-refractivity contribution in [1.29, 1.82) is 0 Å². The van der Waals surface area contributed by atoms with Gasteiger partial charge in [0.1, 0.15) is 0 Å². The molecule has 2 heterocycles. The number of hydrogen-bond acceptors (Lipinski definition) is 3. The summed E-state index contributed by atoms with van der Waals surface area (Å²) in [4.78, 5) is 16.5. The van der Waals surface area contributed by atoms with Gasteiger partial charge in [-0.2, -0.15) is 5.10 Å². The van der Waals surface area contributed by atoms with Crippen LogP contribution in [0.4, 0.5) is 5.69 Å². The van der Waals surface area contributed by atoms with E-state index in [2.05, 4.69) is 15.4 Å². The Morgan fingerprint density at radius 3 is 2.96 bits per heavy atom. The molecule has 1 amide bonds. The number of halogens is 1. The van der Waals surface area contributed by atoms with E-state index in [0.717, 1.165) is 22.3 Å². The summed E-state index contributed by atoms with van der Waals surface area (Å²) in [5.41, 5.74) is 3.43. The van der Waals surface area contributed by atoms with E-state index in [1.54, 1.807) is 10.9 Å². The smallest absolute Gasteiger partial charge is 0.224 e. The minimum Gasteiger partial charge on any atom is -0.325 e. The molecule has 0 unspecified atom stereocenters. The monoisotopic (exact) mass is 328 g/mol. The van der Waals surface area contributed by atoms with Gasteiger partial charge in [0.05, 0.1) is 17.6 Å². The quantitative estimate of drug-likeness (QED) is 0.797. The number of aromatic nitrogens is 3. The summed E-state index contributed by atoms with van der Waals surface area (Å²) in [6.45, 7) is 1.93. The maximum Gasteiger partial charge on any atom is 0.224 e. The average molecular weight is 329 g/mol. The van der Waals surface area contributed by atoms with Gasteiger partial charge in [0.15, 0.2) is 5.65 Å². The third-order valence-electron chi connectivity index (χ3n) is 3.68. The molecule has 0 saturated carbocycles. The molecule has 0 aliphatic heterocycles. The SMILES string of the molecule is Cc1nn(C)c2ncc(NC(=O)CCc3cccc(Cl)c3)cc12. The van der Waals surface area contributed by atoms with Crippen molar-refractivity contribution in [3.05, 3.63) is 52.8 Å². The number of amides is 1. The standard InChI is InChI=1S/C17H17ClN4O/c1-11-15-9-14(10-19-17(15)22(2)21-11)20-16(23)7-6-12-4-3-5-13(18)8-12/h3-5,8-10H,6-7H2,1-2H3,(H,20,23). The summed E-state index contributed by atoms with van der Waals surface area (Å²) in [5.74, 6) is -0.0485. The lowest BCUT2D eigenvalue weighted by molar-refractivity contribution is -0.116. The Kier molecular flexibility index (Phi) is 4.30. The fraction of sp³-hybridized carbons (Fsp3) is 0.235. The normalized spacial score (nSPS) is 10.9. The zero-order chi connectivity index (χ0) is 16.4. The van der Waals surface area contributed by atoms with Crippen molar-refractivity contribution < 1.29 is 4.79 Å². The Morgan fingerprint density at radius 1 is 1.35 bits per heavy atom. The van der Waals surface area contributed by atoms with Gasteiger partial charge in [-0.15, -0.1) is 0 Å². The van der Waals surface area contributed by atoms with Crippen LogP contribution in [0.15, 0.2) is 36.5 Å². The van der Waals surface area contributed by atoms with E-state index >= 15 is 0 Å². The predicted octanol–water partition coefficient (Wildman–Crippen LogP) is 3.50. The van der Waals surface area contributed by atoms with Crippen LogP contribution in [0.2, 0.25) is 5.02 Å². The summed E-state index contributed by atoms with van der Waals surface area (Å²) in [5, 5.41) is 8.84. The van der Waals surface area contributed by atoms with Crippen LogP contribution >= 0.6 is 11.6 Å². The highest BCUT2D eigenvalue weighted by atomic mass is 35.5. The number of rotatable bonds is 4. The predicted molar refractivity (Wildman–Crippen MR) is 91.6 cm³/mol. The van der Waals surface area contributed by atoms with Gasteiger partial charge in [0.2, 0.25) is 5.91 Å². The Labute approximate surface area is 139 Å². The molecule has 0 fully saturated rings. The molecule has 23 heavy (non-hydrogen) atoms. The van der Waals surface area contributed by atoms with Crippen LogP contribution in [0.3, 0.4) is 0 Å². The molecule has 0 saturated heterocycles. The number of carbonyl (C=O) groups excluding carboxylic acids is 1. The fourth-order valence-corrected chi connectivity index (χ4v) is 2.76. The lowest BCUT2D eigenvalue weighted by Gasteiger charge is -2.06. The Balaban J connectivity index is 1.67. The van der Waals surface area contributed by atoms with Gasteiger partial charge in [-0.1, -0.05) is 23.7 Å². The molecule has 3 aromatic rings. The maximum atomic E-state index is 12.1. The molecular formula is C17H17ClN4O.